The van der Waals surface area contributed by atoms with Crippen molar-refractivity contribution in [3.63, 3.8) is 0 Å². The molecule has 12 nitrogen and oxygen atoms in total. The van der Waals surface area contributed by atoms with Crippen LogP contribution < -0.4 is 24.8 Å². The summed E-state index contributed by atoms with van der Waals surface area (Å²) >= 11 is 0. The smallest absolute Gasteiger partial charge is 0.276 e. The van der Waals surface area contributed by atoms with Crippen molar-refractivity contribution in [1.29, 1.82) is 0 Å². The molecule has 2 N–H and O–H groups in total. The maximum Gasteiger partial charge on any atom is 0.276 e. The van der Waals surface area contributed by atoms with Gasteiger partial charge in [0.05, 0.1) is 26.4 Å². The molecule has 4 rings (SSSR count). The molecule has 0 unspecified atom stereocenters. The van der Waals surface area contributed by atoms with Gasteiger partial charge >= 0.3 is 0 Å². The van der Waals surface area contributed by atoms with E-state index in [1.54, 1.807) is 18.2 Å². The lowest BCUT2D eigenvalue weighted by molar-refractivity contribution is -0.115. The molecule has 0 aliphatic carbocycles. The van der Waals surface area contributed by atoms with Gasteiger partial charge < -0.3 is 29.0 Å². The van der Waals surface area contributed by atoms with Crippen LogP contribution >= 0.6 is 0 Å². The Balaban J connectivity index is 1.19. The van der Waals surface area contributed by atoms with Crippen LogP contribution in [0.3, 0.4) is 0 Å². The minimum absolute atomic E-state index is 0.192. The van der Waals surface area contributed by atoms with E-state index in [1.165, 1.54) is 0 Å². The van der Waals surface area contributed by atoms with Crippen molar-refractivity contribution in [3.8, 4) is 17.2 Å². The third-order valence-electron chi connectivity index (χ3n) is 4.78. The van der Waals surface area contributed by atoms with E-state index in [4.69, 9.17) is 29.2 Å². The average Bonchev–Trinajstić information content (AvgIpc) is 3.47. The van der Waals surface area contributed by atoms with Crippen molar-refractivity contribution in [1.82, 2.24) is 5.32 Å². The molecule has 0 radical (unpaired) electrons. The number of anilines is 1. The first-order valence-corrected chi connectivity index (χ1v) is 10.9. The largest absolute Gasteiger partial charge is 0.491 e. The predicted octanol–water partition coefficient (Wildman–Crippen LogP) is 3.08. The van der Waals surface area contributed by atoms with Gasteiger partial charge in [-0.2, -0.15) is 0 Å². The molecule has 12 heteroatoms. The molecule has 0 spiro atoms. The van der Waals surface area contributed by atoms with Gasteiger partial charge in [-0.15, -0.1) is 0 Å². The fraction of sp³-hybridized carbons (Fsp3) is 0.304. The number of nitrogens with zero attached hydrogens (tertiary/aromatic N) is 4. The van der Waals surface area contributed by atoms with Crippen molar-refractivity contribution >= 4 is 23.6 Å². The first-order valence-electron chi connectivity index (χ1n) is 10.9. The van der Waals surface area contributed by atoms with Crippen LogP contribution in [0, 0.1) is 0 Å². The van der Waals surface area contributed by atoms with Gasteiger partial charge in [-0.05, 0) is 53.6 Å². The molecule has 0 bridgehead atoms. The molecular formula is C23H24N6O6. The highest BCUT2D eigenvalue weighted by molar-refractivity contribution is 6.17. The standard InChI is InChI=1S/C23H24N6O6/c24-29-25-7-8-31-9-10-32-11-12-33-18-4-2-17(3-5-18)26-23-27-19(22(30)28-23)13-16-1-6-20-21(14-16)35-15-34-20/h1-6,13-14H,7-12,15H2,(H2,26,27,28,30)/b19-13-. The summed E-state index contributed by atoms with van der Waals surface area (Å²) in [6.07, 6.45) is 1.68. The predicted molar refractivity (Wildman–Crippen MR) is 127 cm³/mol. The van der Waals surface area contributed by atoms with Crippen molar-refractivity contribution in [2.45, 2.75) is 0 Å². The van der Waals surface area contributed by atoms with Crippen LogP contribution in [0.1, 0.15) is 5.56 Å². The summed E-state index contributed by atoms with van der Waals surface area (Å²) in [5.41, 5.74) is 9.97. The molecule has 0 saturated heterocycles. The molecule has 0 aromatic heterocycles. The Labute approximate surface area is 201 Å². The highest BCUT2D eigenvalue weighted by atomic mass is 16.7. The molecule has 182 valence electrons. The second-order valence-corrected chi connectivity index (χ2v) is 7.23. The molecule has 0 saturated carbocycles. The lowest BCUT2D eigenvalue weighted by Crippen LogP contribution is -2.29. The SMILES string of the molecule is [N-]=[N+]=NCCOCCOCCOc1ccc(NC2=N/C(=C\c3ccc4c(c3)OCO4)C(=O)N2)cc1. The number of azide groups is 1. The zero-order chi connectivity index (χ0) is 24.3. The van der Waals surface area contributed by atoms with Crippen LogP contribution in [0.2, 0.25) is 0 Å². The number of benzene rings is 2. The minimum Gasteiger partial charge on any atom is -0.491 e. The maximum atomic E-state index is 12.3. The molecule has 2 aliphatic heterocycles. The van der Waals surface area contributed by atoms with Gasteiger partial charge in [0, 0.05) is 17.1 Å². The summed E-state index contributed by atoms with van der Waals surface area (Å²) in [5, 5.41) is 9.16. The number of rotatable bonds is 12. The second kappa shape index (κ2) is 12.3. The second-order valence-electron chi connectivity index (χ2n) is 7.23. The number of carbonyl (C=O) groups excluding carboxylic acids is 1. The molecule has 2 aromatic carbocycles. The number of fused-ring (bicyclic) bond motifs is 1. The Morgan fingerprint density at radius 1 is 1.06 bits per heavy atom. The normalized spacial score (nSPS) is 14.9. The third kappa shape index (κ3) is 7.11. The third-order valence-corrected chi connectivity index (χ3v) is 4.78. The molecule has 35 heavy (non-hydrogen) atoms. The fourth-order valence-corrected chi connectivity index (χ4v) is 3.15. The van der Waals surface area contributed by atoms with Gasteiger partial charge in [-0.25, -0.2) is 4.99 Å². The van der Waals surface area contributed by atoms with Crippen molar-refractivity contribution in [2.75, 3.05) is 51.7 Å². The maximum absolute atomic E-state index is 12.3. The van der Waals surface area contributed by atoms with Crippen molar-refractivity contribution in [2.24, 2.45) is 10.1 Å². The lowest BCUT2D eigenvalue weighted by atomic mass is 10.1. The van der Waals surface area contributed by atoms with E-state index in [0.717, 1.165) is 11.3 Å². The number of nitrogens with one attached hydrogen (secondary N) is 2. The van der Waals surface area contributed by atoms with Gasteiger partial charge in [0.25, 0.3) is 5.91 Å². The average molecular weight is 480 g/mol. The summed E-state index contributed by atoms with van der Waals surface area (Å²) in [6.45, 7) is 2.54. The Bertz CT molecular complexity index is 1140. The van der Waals surface area contributed by atoms with E-state index in [2.05, 4.69) is 25.7 Å². The topological polar surface area (TPSA) is 148 Å². The molecule has 0 fully saturated rings. The first-order chi connectivity index (χ1) is 17.2. The van der Waals surface area contributed by atoms with E-state index in [0.29, 0.717) is 62.8 Å². The van der Waals surface area contributed by atoms with Gasteiger partial charge in [-0.3, -0.25) is 10.1 Å². The first kappa shape index (κ1) is 23.9. The van der Waals surface area contributed by atoms with E-state index >= 15 is 0 Å². The van der Waals surface area contributed by atoms with Crippen LogP contribution in [0.4, 0.5) is 5.69 Å². The molecule has 2 aliphatic rings. The quantitative estimate of drug-likeness (QED) is 0.156. The molecule has 0 atom stereocenters. The number of hydrogen-bond donors (Lipinski definition) is 2. The minimum atomic E-state index is -0.300. The van der Waals surface area contributed by atoms with Crippen LogP contribution in [-0.4, -0.2) is 58.2 Å². The summed E-state index contributed by atoms with van der Waals surface area (Å²) in [5.74, 6) is 2.04. The molecule has 2 aromatic rings. The van der Waals surface area contributed by atoms with Crippen LogP contribution in [-0.2, 0) is 14.3 Å². The Morgan fingerprint density at radius 3 is 2.66 bits per heavy atom. The Kier molecular flexibility index (Phi) is 8.38. The van der Waals surface area contributed by atoms with Crippen LogP contribution in [0.15, 0.2) is 58.3 Å². The van der Waals surface area contributed by atoms with E-state index in [1.807, 2.05) is 30.3 Å². The number of guanidine groups is 1. The van der Waals surface area contributed by atoms with E-state index in [-0.39, 0.29) is 18.4 Å². The molecule has 2 heterocycles. The van der Waals surface area contributed by atoms with Gasteiger partial charge in [0.15, 0.2) is 11.5 Å². The summed E-state index contributed by atoms with van der Waals surface area (Å²) in [7, 11) is 0. The van der Waals surface area contributed by atoms with Crippen molar-refractivity contribution < 1.29 is 28.5 Å². The Hall–Kier alpha value is -4.25. The fourth-order valence-electron chi connectivity index (χ4n) is 3.15. The number of carbonyl (C=O) groups is 1. The summed E-state index contributed by atoms with van der Waals surface area (Å²) in [4.78, 5) is 19.3. The number of hydrogen-bond acceptors (Lipinski definition) is 9. The number of amides is 1. The van der Waals surface area contributed by atoms with Gasteiger partial charge in [-0.1, -0.05) is 11.2 Å². The zero-order valence-electron chi connectivity index (χ0n) is 18.8. The highest BCUT2D eigenvalue weighted by Crippen LogP contribution is 2.33. The lowest BCUT2D eigenvalue weighted by Gasteiger charge is -2.09. The summed E-state index contributed by atoms with van der Waals surface area (Å²) in [6, 6.07) is 12.7. The van der Waals surface area contributed by atoms with E-state index < -0.39 is 0 Å². The number of aliphatic imine (C=N–C) groups is 1. The Morgan fingerprint density at radius 2 is 1.83 bits per heavy atom. The van der Waals surface area contributed by atoms with Crippen LogP contribution in [0.25, 0.3) is 16.5 Å². The van der Waals surface area contributed by atoms with Gasteiger partial charge in [0.2, 0.25) is 12.8 Å². The summed E-state index contributed by atoms with van der Waals surface area (Å²) < 4.78 is 27.0. The molecule has 1 amide bonds. The highest BCUT2D eigenvalue weighted by Gasteiger charge is 2.21. The molecular weight excluding hydrogens is 456 g/mol. The van der Waals surface area contributed by atoms with Crippen molar-refractivity contribution in [3.05, 3.63) is 64.2 Å². The van der Waals surface area contributed by atoms with Gasteiger partial charge in [0.1, 0.15) is 18.1 Å². The zero-order valence-corrected chi connectivity index (χ0v) is 18.8. The van der Waals surface area contributed by atoms with E-state index in [9.17, 15) is 4.79 Å². The number of ether oxygens (including phenoxy) is 5. The monoisotopic (exact) mass is 480 g/mol. The van der Waals surface area contributed by atoms with Crippen LogP contribution in [0.5, 0.6) is 17.2 Å².